The second-order valence-corrected chi connectivity index (χ2v) is 3.99. The fourth-order valence-electron chi connectivity index (χ4n) is 1.69. The molecule has 2 heteroatoms. The van der Waals surface area contributed by atoms with Crippen molar-refractivity contribution in [3.63, 3.8) is 0 Å². The summed E-state index contributed by atoms with van der Waals surface area (Å²) in [5.41, 5.74) is 8.71. The molecule has 84 valence electrons. The Morgan fingerprint density at radius 1 is 1.27 bits per heavy atom. The summed E-state index contributed by atoms with van der Waals surface area (Å²) in [6.07, 6.45) is 3.35. The molecule has 0 radical (unpaired) electrons. The maximum Gasteiger partial charge on any atom is 0.0306 e. The van der Waals surface area contributed by atoms with Crippen molar-refractivity contribution in [3.8, 4) is 0 Å². The molecule has 0 saturated carbocycles. The third-order valence-corrected chi connectivity index (χ3v) is 2.65. The number of nitrogens with two attached hydrogens (primary N) is 1. The van der Waals surface area contributed by atoms with Gasteiger partial charge in [0.15, 0.2) is 0 Å². The van der Waals surface area contributed by atoms with Crippen LogP contribution in [0.15, 0.2) is 24.3 Å². The van der Waals surface area contributed by atoms with Crippen LogP contribution in [-0.2, 0) is 6.42 Å². The van der Waals surface area contributed by atoms with Crippen molar-refractivity contribution < 1.29 is 0 Å². The number of hydrogen-bond acceptors (Lipinski definition) is 2. The van der Waals surface area contributed by atoms with Gasteiger partial charge in [-0.1, -0.05) is 37.6 Å². The highest BCUT2D eigenvalue weighted by molar-refractivity contribution is 5.24. The first-order chi connectivity index (χ1) is 7.27. The lowest BCUT2D eigenvalue weighted by atomic mass is 10.0. The fraction of sp³-hybridized carbons (Fsp3) is 0.538. The Kier molecular flexibility index (Phi) is 5.37. The summed E-state index contributed by atoms with van der Waals surface area (Å²) in [4.78, 5) is 0. The quantitative estimate of drug-likeness (QED) is 0.749. The lowest BCUT2D eigenvalue weighted by Gasteiger charge is -2.12. The van der Waals surface area contributed by atoms with E-state index in [1.807, 2.05) is 7.05 Å². The van der Waals surface area contributed by atoms with Gasteiger partial charge in [0, 0.05) is 6.04 Å². The van der Waals surface area contributed by atoms with Gasteiger partial charge in [-0.2, -0.15) is 0 Å². The van der Waals surface area contributed by atoms with Crippen LogP contribution in [-0.4, -0.2) is 13.6 Å². The molecular weight excluding hydrogens is 184 g/mol. The first kappa shape index (κ1) is 12.2. The predicted molar refractivity (Wildman–Crippen MR) is 65.9 cm³/mol. The van der Waals surface area contributed by atoms with Gasteiger partial charge < -0.3 is 11.1 Å². The van der Waals surface area contributed by atoms with E-state index in [1.165, 1.54) is 17.5 Å². The van der Waals surface area contributed by atoms with E-state index in [-0.39, 0.29) is 6.04 Å². The molecule has 0 aliphatic carbocycles. The Labute approximate surface area is 92.9 Å². The van der Waals surface area contributed by atoms with E-state index in [2.05, 4.69) is 36.5 Å². The minimum Gasteiger partial charge on any atom is -0.324 e. The monoisotopic (exact) mass is 206 g/mol. The van der Waals surface area contributed by atoms with E-state index in [4.69, 9.17) is 5.73 Å². The van der Waals surface area contributed by atoms with Crippen LogP contribution < -0.4 is 11.1 Å². The van der Waals surface area contributed by atoms with Gasteiger partial charge in [0.05, 0.1) is 0 Å². The van der Waals surface area contributed by atoms with Crippen LogP contribution in [0.2, 0.25) is 0 Å². The van der Waals surface area contributed by atoms with Crippen molar-refractivity contribution in [2.24, 2.45) is 5.73 Å². The van der Waals surface area contributed by atoms with Gasteiger partial charge in [-0.3, -0.25) is 0 Å². The molecule has 2 nitrogen and oxygen atoms in total. The van der Waals surface area contributed by atoms with Crippen LogP contribution in [0.1, 0.15) is 36.9 Å². The van der Waals surface area contributed by atoms with E-state index >= 15 is 0 Å². The molecule has 0 bridgehead atoms. The van der Waals surface area contributed by atoms with E-state index in [0.717, 1.165) is 19.4 Å². The molecule has 1 aromatic rings. The lowest BCUT2D eigenvalue weighted by molar-refractivity contribution is 0.615. The molecule has 1 unspecified atom stereocenters. The largest absolute Gasteiger partial charge is 0.324 e. The van der Waals surface area contributed by atoms with Gasteiger partial charge in [-0.25, -0.2) is 0 Å². The van der Waals surface area contributed by atoms with Gasteiger partial charge in [0.1, 0.15) is 0 Å². The van der Waals surface area contributed by atoms with Gasteiger partial charge >= 0.3 is 0 Å². The Balaban J connectivity index is 2.54. The number of nitrogens with one attached hydrogen (secondary N) is 1. The Hall–Kier alpha value is -0.860. The van der Waals surface area contributed by atoms with Gasteiger partial charge in [-0.05, 0) is 37.6 Å². The molecule has 0 saturated heterocycles. The first-order valence-corrected chi connectivity index (χ1v) is 5.77. The summed E-state index contributed by atoms with van der Waals surface area (Å²) >= 11 is 0. The maximum absolute atomic E-state index is 6.07. The number of aryl methyl sites for hydroxylation is 1. The van der Waals surface area contributed by atoms with Gasteiger partial charge in [-0.15, -0.1) is 0 Å². The molecule has 15 heavy (non-hydrogen) atoms. The van der Waals surface area contributed by atoms with Crippen LogP contribution in [0.25, 0.3) is 0 Å². The SMILES string of the molecule is CCCc1ccc(C(N)CCNC)cc1. The topological polar surface area (TPSA) is 38.0 Å². The van der Waals surface area contributed by atoms with E-state index in [1.54, 1.807) is 0 Å². The zero-order chi connectivity index (χ0) is 11.1. The van der Waals surface area contributed by atoms with Crippen LogP contribution in [0.4, 0.5) is 0 Å². The Morgan fingerprint density at radius 2 is 1.93 bits per heavy atom. The zero-order valence-electron chi connectivity index (χ0n) is 9.79. The molecule has 0 amide bonds. The molecule has 0 aliphatic rings. The Morgan fingerprint density at radius 3 is 2.47 bits per heavy atom. The third kappa shape index (κ3) is 4.02. The highest BCUT2D eigenvalue weighted by atomic mass is 14.8. The van der Waals surface area contributed by atoms with Crippen LogP contribution >= 0.6 is 0 Å². The molecule has 0 fully saturated rings. The minimum atomic E-state index is 0.160. The van der Waals surface area contributed by atoms with Crippen LogP contribution in [0.3, 0.4) is 0 Å². The van der Waals surface area contributed by atoms with Gasteiger partial charge in [0.2, 0.25) is 0 Å². The highest BCUT2D eigenvalue weighted by Gasteiger charge is 2.04. The Bertz CT molecular complexity index is 266. The summed E-state index contributed by atoms with van der Waals surface area (Å²) in [7, 11) is 1.96. The molecule has 1 atom stereocenters. The molecule has 0 aromatic heterocycles. The number of benzene rings is 1. The van der Waals surface area contributed by atoms with Crippen LogP contribution in [0, 0.1) is 0 Å². The van der Waals surface area contributed by atoms with E-state index in [0.29, 0.717) is 0 Å². The highest BCUT2D eigenvalue weighted by Crippen LogP contribution is 2.15. The number of rotatable bonds is 6. The maximum atomic E-state index is 6.07. The van der Waals surface area contributed by atoms with Crippen molar-refractivity contribution in [1.82, 2.24) is 5.32 Å². The molecule has 1 rings (SSSR count). The van der Waals surface area contributed by atoms with Crippen molar-refractivity contribution in [1.29, 1.82) is 0 Å². The van der Waals surface area contributed by atoms with Crippen molar-refractivity contribution >= 4 is 0 Å². The molecule has 0 aliphatic heterocycles. The van der Waals surface area contributed by atoms with Crippen molar-refractivity contribution in [3.05, 3.63) is 35.4 Å². The second-order valence-electron chi connectivity index (χ2n) is 3.99. The summed E-state index contributed by atoms with van der Waals surface area (Å²) in [5, 5.41) is 3.12. The van der Waals surface area contributed by atoms with Crippen LogP contribution in [0.5, 0.6) is 0 Å². The molecule has 3 N–H and O–H groups in total. The summed E-state index contributed by atoms with van der Waals surface area (Å²) in [6, 6.07) is 8.86. The fourth-order valence-corrected chi connectivity index (χ4v) is 1.69. The molecule has 0 spiro atoms. The lowest BCUT2D eigenvalue weighted by Crippen LogP contribution is -2.17. The third-order valence-electron chi connectivity index (χ3n) is 2.65. The first-order valence-electron chi connectivity index (χ1n) is 5.77. The molecule has 1 aromatic carbocycles. The zero-order valence-corrected chi connectivity index (χ0v) is 9.79. The minimum absolute atomic E-state index is 0.160. The predicted octanol–water partition coefficient (Wildman–Crippen LogP) is 2.25. The second kappa shape index (κ2) is 6.59. The van der Waals surface area contributed by atoms with Crippen molar-refractivity contribution in [2.75, 3.05) is 13.6 Å². The average Bonchev–Trinajstić information content (AvgIpc) is 2.27. The van der Waals surface area contributed by atoms with Gasteiger partial charge in [0.25, 0.3) is 0 Å². The molecule has 0 heterocycles. The summed E-state index contributed by atoms with van der Waals surface area (Å²) in [6.45, 7) is 3.17. The normalized spacial score (nSPS) is 12.7. The van der Waals surface area contributed by atoms with Crippen molar-refractivity contribution in [2.45, 2.75) is 32.2 Å². The van der Waals surface area contributed by atoms with E-state index in [9.17, 15) is 0 Å². The standard InChI is InChI=1S/C13H22N2/c1-3-4-11-5-7-12(8-6-11)13(14)9-10-15-2/h5-8,13,15H,3-4,9-10,14H2,1-2H3. The summed E-state index contributed by atoms with van der Waals surface area (Å²) in [5.74, 6) is 0. The summed E-state index contributed by atoms with van der Waals surface area (Å²) < 4.78 is 0. The average molecular weight is 206 g/mol. The smallest absolute Gasteiger partial charge is 0.0306 e. The number of hydrogen-bond donors (Lipinski definition) is 2. The molecular formula is C13H22N2. The van der Waals surface area contributed by atoms with E-state index < -0.39 is 0 Å².